The Hall–Kier alpha value is -3.12. The van der Waals surface area contributed by atoms with Gasteiger partial charge in [0, 0.05) is 17.1 Å². The number of carbonyl (C=O) groups is 1. The largest absolute Gasteiger partial charge is 0.507 e. The molecule has 3 rings (SSSR count). The molecule has 0 aliphatic heterocycles. The number of aromatic amines is 1. The van der Waals surface area contributed by atoms with Crippen molar-refractivity contribution in [1.29, 1.82) is 0 Å². The third-order valence-electron chi connectivity index (χ3n) is 3.72. The number of fused-ring (bicyclic) bond motifs is 1. The molecule has 0 unspecified atom stereocenters. The molecule has 0 fully saturated rings. The molecule has 3 aromatic rings. The van der Waals surface area contributed by atoms with Crippen molar-refractivity contribution in [2.75, 3.05) is 5.32 Å². The van der Waals surface area contributed by atoms with Crippen LogP contribution in [0.3, 0.4) is 0 Å². The number of rotatable bonds is 4. The van der Waals surface area contributed by atoms with Crippen molar-refractivity contribution in [2.45, 2.75) is 12.5 Å². The minimum absolute atomic E-state index is 0.140. The molecular formula is C18H17N3O3. The number of amides is 1. The summed E-state index contributed by atoms with van der Waals surface area (Å²) in [5.74, 6) is -0.458. The quantitative estimate of drug-likeness (QED) is 0.586. The fraction of sp³-hybridized carbons (Fsp3) is 0.111. The van der Waals surface area contributed by atoms with Crippen LogP contribution in [0.1, 0.15) is 5.56 Å². The zero-order valence-corrected chi connectivity index (χ0v) is 12.8. The molecule has 0 saturated carbocycles. The number of benzene rings is 2. The first-order valence-corrected chi connectivity index (χ1v) is 7.49. The van der Waals surface area contributed by atoms with Crippen molar-refractivity contribution in [2.24, 2.45) is 5.73 Å². The summed E-state index contributed by atoms with van der Waals surface area (Å²) in [6.07, 6.45) is 0.429. The van der Waals surface area contributed by atoms with Crippen molar-refractivity contribution in [1.82, 2.24) is 4.98 Å². The standard InChI is InChI=1S/C18H17N3O3/c19-14(8-11-4-2-1-3-5-11)18(24)20-12-6-7-15-13(9-12)16(22)10-17(23)21-15/h1-7,9-10,14H,8,19H2,(H,20,24)(H2,21,22,23)/t14-/m0/s1. The minimum Gasteiger partial charge on any atom is -0.507 e. The summed E-state index contributed by atoms with van der Waals surface area (Å²) in [5, 5.41) is 13.0. The third-order valence-corrected chi connectivity index (χ3v) is 3.72. The van der Waals surface area contributed by atoms with E-state index in [1.54, 1.807) is 18.2 Å². The fourth-order valence-corrected chi connectivity index (χ4v) is 2.51. The molecule has 24 heavy (non-hydrogen) atoms. The van der Waals surface area contributed by atoms with E-state index < -0.39 is 6.04 Å². The average Bonchev–Trinajstić information content (AvgIpc) is 2.56. The van der Waals surface area contributed by atoms with Gasteiger partial charge in [0.15, 0.2) is 0 Å². The van der Waals surface area contributed by atoms with E-state index in [2.05, 4.69) is 10.3 Å². The summed E-state index contributed by atoms with van der Waals surface area (Å²) in [7, 11) is 0. The SMILES string of the molecule is N[C@@H](Cc1ccccc1)C(=O)Nc1ccc2[nH]c(=O)cc(O)c2c1. The van der Waals surface area contributed by atoms with E-state index in [9.17, 15) is 14.7 Å². The smallest absolute Gasteiger partial charge is 0.252 e. The minimum atomic E-state index is -0.688. The molecule has 5 N–H and O–H groups in total. The van der Waals surface area contributed by atoms with Crippen LogP contribution in [0.5, 0.6) is 5.75 Å². The van der Waals surface area contributed by atoms with Gasteiger partial charge in [0.05, 0.1) is 11.6 Å². The normalized spacial score (nSPS) is 12.0. The molecule has 0 radical (unpaired) electrons. The van der Waals surface area contributed by atoms with E-state index in [0.29, 0.717) is 23.0 Å². The van der Waals surface area contributed by atoms with Gasteiger partial charge in [-0.1, -0.05) is 30.3 Å². The maximum Gasteiger partial charge on any atom is 0.252 e. The van der Waals surface area contributed by atoms with Crippen LogP contribution >= 0.6 is 0 Å². The zero-order chi connectivity index (χ0) is 17.1. The lowest BCUT2D eigenvalue weighted by atomic mass is 10.1. The average molecular weight is 323 g/mol. The van der Waals surface area contributed by atoms with Gasteiger partial charge in [0.25, 0.3) is 5.56 Å². The van der Waals surface area contributed by atoms with Gasteiger partial charge in [-0.05, 0) is 30.2 Å². The third kappa shape index (κ3) is 3.44. The number of H-pyrrole nitrogens is 1. The molecule has 0 bridgehead atoms. The number of anilines is 1. The topological polar surface area (TPSA) is 108 Å². The molecule has 6 nitrogen and oxygen atoms in total. The number of hydrogen-bond donors (Lipinski definition) is 4. The highest BCUT2D eigenvalue weighted by Gasteiger charge is 2.14. The molecule has 6 heteroatoms. The van der Waals surface area contributed by atoms with Crippen LogP contribution < -0.4 is 16.6 Å². The molecule has 1 amide bonds. The molecule has 0 aliphatic carbocycles. The highest BCUT2D eigenvalue weighted by atomic mass is 16.3. The van der Waals surface area contributed by atoms with Gasteiger partial charge >= 0.3 is 0 Å². The Bertz CT molecular complexity index is 935. The Morgan fingerprint density at radius 2 is 1.92 bits per heavy atom. The summed E-state index contributed by atoms with van der Waals surface area (Å²) in [4.78, 5) is 26.2. The molecule has 0 aliphatic rings. The molecule has 1 aromatic heterocycles. The zero-order valence-electron chi connectivity index (χ0n) is 12.8. The second kappa shape index (κ2) is 6.55. The molecule has 0 saturated heterocycles. The van der Waals surface area contributed by atoms with E-state index >= 15 is 0 Å². The van der Waals surface area contributed by atoms with Crippen molar-refractivity contribution in [3.05, 3.63) is 70.5 Å². The molecular weight excluding hydrogens is 306 g/mol. The Labute approximate surface area is 137 Å². The van der Waals surface area contributed by atoms with E-state index in [1.807, 2.05) is 30.3 Å². The summed E-state index contributed by atoms with van der Waals surface area (Å²) in [6.45, 7) is 0. The molecule has 1 atom stereocenters. The van der Waals surface area contributed by atoms with Crippen LogP contribution in [-0.2, 0) is 11.2 Å². The van der Waals surface area contributed by atoms with Crippen LogP contribution in [0.4, 0.5) is 5.69 Å². The first-order valence-electron chi connectivity index (χ1n) is 7.49. The summed E-state index contributed by atoms with van der Waals surface area (Å²) < 4.78 is 0. The van der Waals surface area contributed by atoms with Gasteiger partial charge in [-0.2, -0.15) is 0 Å². The Morgan fingerprint density at radius 3 is 2.67 bits per heavy atom. The first kappa shape index (κ1) is 15.8. The van der Waals surface area contributed by atoms with Crippen molar-refractivity contribution < 1.29 is 9.90 Å². The van der Waals surface area contributed by atoms with Gasteiger partial charge in [-0.3, -0.25) is 9.59 Å². The van der Waals surface area contributed by atoms with Crippen molar-refractivity contribution >= 4 is 22.5 Å². The van der Waals surface area contributed by atoms with Crippen LogP contribution in [0, 0.1) is 0 Å². The number of hydrogen-bond acceptors (Lipinski definition) is 4. The van der Waals surface area contributed by atoms with Crippen molar-refractivity contribution in [3.8, 4) is 5.75 Å². The first-order chi connectivity index (χ1) is 11.5. The lowest BCUT2D eigenvalue weighted by Gasteiger charge is -2.13. The monoisotopic (exact) mass is 323 g/mol. The lowest BCUT2D eigenvalue weighted by Crippen LogP contribution is -2.37. The van der Waals surface area contributed by atoms with E-state index in [-0.39, 0.29) is 17.2 Å². The summed E-state index contributed by atoms with van der Waals surface area (Å²) in [6, 6.07) is 14.8. The van der Waals surface area contributed by atoms with Gasteiger partial charge < -0.3 is 21.1 Å². The van der Waals surface area contributed by atoms with Crippen LogP contribution in [0.2, 0.25) is 0 Å². The Morgan fingerprint density at radius 1 is 1.17 bits per heavy atom. The highest BCUT2D eigenvalue weighted by Crippen LogP contribution is 2.24. The van der Waals surface area contributed by atoms with Crippen LogP contribution in [0.25, 0.3) is 10.9 Å². The van der Waals surface area contributed by atoms with Gasteiger partial charge in [0.1, 0.15) is 5.75 Å². The van der Waals surface area contributed by atoms with E-state index in [4.69, 9.17) is 5.73 Å². The second-order valence-electron chi connectivity index (χ2n) is 5.56. The number of aromatic nitrogens is 1. The summed E-state index contributed by atoms with van der Waals surface area (Å²) >= 11 is 0. The predicted octanol–water partition coefficient (Wildman–Crippen LogP) is 1.74. The molecule has 0 spiro atoms. The number of nitrogens with two attached hydrogens (primary N) is 1. The van der Waals surface area contributed by atoms with Crippen LogP contribution in [0.15, 0.2) is 59.4 Å². The highest BCUT2D eigenvalue weighted by molar-refractivity contribution is 5.97. The Kier molecular flexibility index (Phi) is 4.31. The molecule has 122 valence electrons. The fourth-order valence-electron chi connectivity index (χ4n) is 2.51. The number of aromatic hydroxyl groups is 1. The van der Waals surface area contributed by atoms with Gasteiger partial charge in [0.2, 0.25) is 5.91 Å². The van der Waals surface area contributed by atoms with E-state index in [1.165, 1.54) is 0 Å². The maximum atomic E-state index is 12.2. The number of carbonyl (C=O) groups excluding carboxylic acids is 1. The maximum absolute atomic E-state index is 12.2. The van der Waals surface area contributed by atoms with Gasteiger partial charge in [-0.15, -0.1) is 0 Å². The molecule has 2 aromatic carbocycles. The Balaban J connectivity index is 1.76. The number of pyridine rings is 1. The second-order valence-corrected chi connectivity index (χ2v) is 5.56. The van der Waals surface area contributed by atoms with Crippen LogP contribution in [-0.4, -0.2) is 22.0 Å². The molecule has 1 heterocycles. The van der Waals surface area contributed by atoms with Crippen molar-refractivity contribution in [3.63, 3.8) is 0 Å². The lowest BCUT2D eigenvalue weighted by molar-refractivity contribution is -0.117. The van der Waals surface area contributed by atoms with E-state index in [0.717, 1.165) is 11.6 Å². The van der Waals surface area contributed by atoms with Gasteiger partial charge in [-0.25, -0.2) is 0 Å². The predicted molar refractivity (Wildman–Crippen MR) is 93.0 cm³/mol. The summed E-state index contributed by atoms with van der Waals surface area (Å²) in [5.41, 5.74) is 7.53. The number of nitrogens with one attached hydrogen (secondary N) is 2.